The molecule has 0 amide bonds. The van der Waals surface area contributed by atoms with E-state index in [1.165, 1.54) is 19.3 Å². The average molecular weight is 268 g/mol. The second-order valence-electron chi connectivity index (χ2n) is 6.17. The molecule has 0 heterocycles. The molecular formula is C15H32N4. The van der Waals surface area contributed by atoms with Crippen LogP contribution in [0.4, 0.5) is 0 Å². The molecule has 0 spiro atoms. The highest BCUT2D eigenvalue weighted by atomic mass is 15.2. The van der Waals surface area contributed by atoms with E-state index in [9.17, 15) is 0 Å². The van der Waals surface area contributed by atoms with Crippen LogP contribution in [0.1, 0.15) is 47.0 Å². The van der Waals surface area contributed by atoms with E-state index in [0.29, 0.717) is 6.04 Å². The molecule has 0 aromatic heterocycles. The molecule has 0 aliphatic heterocycles. The summed E-state index contributed by atoms with van der Waals surface area (Å²) in [6, 6.07) is 1.47. The van der Waals surface area contributed by atoms with Crippen molar-refractivity contribution in [2.45, 2.75) is 59.0 Å². The maximum absolute atomic E-state index is 4.26. The lowest BCUT2D eigenvalue weighted by atomic mass is 10.1. The SMILES string of the molecule is CN=C(NCCC(C)C)NCCN(C(C)C)C1CC1. The van der Waals surface area contributed by atoms with E-state index in [1.54, 1.807) is 0 Å². The fourth-order valence-corrected chi connectivity index (χ4v) is 2.27. The molecule has 1 rings (SSSR count). The Morgan fingerprint density at radius 3 is 2.26 bits per heavy atom. The normalized spacial score (nSPS) is 16.5. The van der Waals surface area contributed by atoms with Crippen LogP contribution in [0, 0.1) is 5.92 Å². The van der Waals surface area contributed by atoms with Gasteiger partial charge >= 0.3 is 0 Å². The topological polar surface area (TPSA) is 39.7 Å². The molecule has 1 saturated carbocycles. The van der Waals surface area contributed by atoms with Gasteiger partial charge in [-0.15, -0.1) is 0 Å². The van der Waals surface area contributed by atoms with Crippen LogP contribution in [-0.4, -0.2) is 49.6 Å². The van der Waals surface area contributed by atoms with Crippen LogP contribution in [0.25, 0.3) is 0 Å². The highest BCUT2D eigenvalue weighted by molar-refractivity contribution is 5.79. The highest BCUT2D eigenvalue weighted by Gasteiger charge is 2.29. The summed E-state index contributed by atoms with van der Waals surface area (Å²) in [6.07, 6.45) is 3.93. The molecule has 2 N–H and O–H groups in total. The second kappa shape index (κ2) is 8.41. The van der Waals surface area contributed by atoms with E-state index in [1.807, 2.05) is 7.05 Å². The van der Waals surface area contributed by atoms with Crippen molar-refractivity contribution in [3.8, 4) is 0 Å². The molecule has 0 unspecified atom stereocenters. The van der Waals surface area contributed by atoms with Crippen molar-refractivity contribution in [1.29, 1.82) is 0 Å². The molecule has 19 heavy (non-hydrogen) atoms. The Bertz CT molecular complexity index is 267. The minimum absolute atomic E-state index is 0.644. The van der Waals surface area contributed by atoms with E-state index in [0.717, 1.165) is 37.6 Å². The van der Waals surface area contributed by atoms with E-state index >= 15 is 0 Å². The fraction of sp³-hybridized carbons (Fsp3) is 0.933. The van der Waals surface area contributed by atoms with Crippen LogP contribution in [0.5, 0.6) is 0 Å². The molecule has 1 aliphatic rings. The lowest BCUT2D eigenvalue weighted by molar-refractivity contribution is 0.215. The number of rotatable bonds is 8. The summed E-state index contributed by atoms with van der Waals surface area (Å²) >= 11 is 0. The van der Waals surface area contributed by atoms with Gasteiger partial charge in [0.1, 0.15) is 0 Å². The Kier molecular flexibility index (Phi) is 7.21. The zero-order valence-corrected chi connectivity index (χ0v) is 13.4. The Morgan fingerprint density at radius 2 is 1.79 bits per heavy atom. The van der Waals surface area contributed by atoms with Gasteiger partial charge in [0.25, 0.3) is 0 Å². The zero-order chi connectivity index (χ0) is 14.3. The van der Waals surface area contributed by atoms with Gasteiger partial charge in [-0.3, -0.25) is 9.89 Å². The Labute approximate surface area is 119 Å². The van der Waals surface area contributed by atoms with Crippen molar-refractivity contribution in [1.82, 2.24) is 15.5 Å². The van der Waals surface area contributed by atoms with Gasteiger partial charge in [0, 0.05) is 38.8 Å². The van der Waals surface area contributed by atoms with Crippen molar-refractivity contribution in [2.24, 2.45) is 10.9 Å². The standard InChI is InChI=1S/C15H32N4/c1-12(2)8-9-17-15(16-5)18-10-11-19(13(3)4)14-6-7-14/h12-14H,6-11H2,1-5H3,(H2,16,17,18). The predicted octanol–water partition coefficient (Wildman–Crippen LogP) is 2.07. The molecule has 0 atom stereocenters. The molecule has 0 bridgehead atoms. The minimum Gasteiger partial charge on any atom is -0.356 e. The van der Waals surface area contributed by atoms with E-state index in [2.05, 4.69) is 48.2 Å². The van der Waals surface area contributed by atoms with Crippen molar-refractivity contribution in [3.05, 3.63) is 0 Å². The summed E-state index contributed by atoms with van der Waals surface area (Å²) in [4.78, 5) is 6.85. The molecule has 112 valence electrons. The minimum atomic E-state index is 0.644. The van der Waals surface area contributed by atoms with E-state index in [4.69, 9.17) is 0 Å². The number of nitrogens with one attached hydrogen (secondary N) is 2. The first-order chi connectivity index (χ1) is 9.04. The first kappa shape index (κ1) is 16.3. The third-order valence-corrected chi connectivity index (χ3v) is 3.58. The summed E-state index contributed by atoms with van der Waals surface area (Å²) in [5, 5.41) is 6.78. The highest BCUT2D eigenvalue weighted by Crippen LogP contribution is 2.27. The van der Waals surface area contributed by atoms with Crippen LogP contribution < -0.4 is 10.6 Å². The van der Waals surface area contributed by atoms with Crippen molar-refractivity contribution < 1.29 is 0 Å². The number of hydrogen-bond acceptors (Lipinski definition) is 2. The summed E-state index contributed by atoms with van der Waals surface area (Å²) in [5.41, 5.74) is 0. The van der Waals surface area contributed by atoms with E-state index in [-0.39, 0.29) is 0 Å². The molecule has 0 aromatic rings. The quantitative estimate of drug-likeness (QED) is 0.523. The summed E-state index contributed by atoms with van der Waals surface area (Å²) in [6.45, 7) is 12.1. The molecule has 1 aliphatic carbocycles. The largest absolute Gasteiger partial charge is 0.356 e. The summed E-state index contributed by atoms with van der Waals surface area (Å²) in [7, 11) is 1.84. The maximum atomic E-state index is 4.26. The molecule has 0 radical (unpaired) electrons. The number of guanidine groups is 1. The Hall–Kier alpha value is -0.770. The summed E-state index contributed by atoms with van der Waals surface area (Å²) in [5.74, 6) is 1.66. The van der Waals surface area contributed by atoms with Gasteiger partial charge in [-0.25, -0.2) is 0 Å². The van der Waals surface area contributed by atoms with Crippen LogP contribution in [0.15, 0.2) is 4.99 Å². The Balaban J connectivity index is 2.18. The van der Waals surface area contributed by atoms with Crippen molar-refractivity contribution in [3.63, 3.8) is 0 Å². The Morgan fingerprint density at radius 1 is 1.16 bits per heavy atom. The zero-order valence-electron chi connectivity index (χ0n) is 13.4. The average Bonchev–Trinajstić information content (AvgIpc) is 3.15. The van der Waals surface area contributed by atoms with Crippen LogP contribution in [-0.2, 0) is 0 Å². The molecule has 4 nitrogen and oxygen atoms in total. The number of aliphatic imine (C=N–C) groups is 1. The third-order valence-electron chi connectivity index (χ3n) is 3.58. The first-order valence-corrected chi connectivity index (χ1v) is 7.74. The van der Waals surface area contributed by atoms with Crippen LogP contribution in [0.2, 0.25) is 0 Å². The molecule has 0 aromatic carbocycles. The van der Waals surface area contributed by atoms with Gasteiger partial charge < -0.3 is 10.6 Å². The van der Waals surface area contributed by atoms with Crippen LogP contribution in [0.3, 0.4) is 0 Å². The fourth-order valence-electron chi connectivity index (χ4n) is 2.27. The molecule has 1 fully saturated rings. The van der Waals surface area contributed by atoms with Gasteiger partial charge in [0.05, 0.1) is 0 Å². The van der Waals surface area contributed by atoms with Gasteiger partial charge in [-0.2, -0.15) is 0 Å². The van der Waals surface area contributed by atoms with E-state index < -0.39 is 0 Å². The summed E-state index contributed by atoms with van der Waals surface area (Å²) < 4.78 is 0. The predicted molar refractivity (Wildman–Crippen MR) is 83.7 cm³/mol. The lowest BCUT2D eigenvalue weighted by Crippen LogP contribution is -2.44. The van der Waals surface area contributed by atoms with Gasteiger partial charge in [-0.05, 0) is 39.0 Å². The second-order valence-corrected chi connectivity index (χ2v) is 6.17. The maximum Gasteiger partial charge on any atom is 0.191 e. The smallest absolute Gasteiger partial charge is 0.191 e. The molecular weight excluding hydrogens is 236 g/mol. The number of nitrogens with zero attached hydrogens (tertiary/aromatic N) is 2. The molecule has 0 saturated heterocycles. The lowest BCUT2D eigenvalue weighted by Gasteiger charge is -2.26. The third kappa shape index (κ3) is 6.81. The van der Waals surface area contributed by atoms with Gasteiger partial charge in [-0.1, -0.05) is 13.8 Å². The monoisotopic (exact) mass is 268 g/mol. The van der Waals surface area contributed by atoms with Crippen LogP contribution >= 0.6 is 0 Å². The van der Waals surface area contributed by atoms with Gasteiger partial charge in [0.2, 0.25) is 0 Å². The van der Waals surface area contributed by atoms with Gasteiger partial charge in [0.15, 0.2) is 5.96 Å². The molecule has 4 heteroatoms. The van der Waals surface area contributed by atoms with Crippen molar-refractivity contribution in [2.75, 3.05) is 26.7 Å². The first-order valence-electron chi connectivity index (χ1n) is 7.74. The number of hydrogen-bond donors (Lipinski definition) is 2. The van der Waals surface area contributed by atoms with Crippen molar-refractivity contribution >= 4 is 5.96 Å².